The molecule has 0 atom stereocenters. The minimum atomic E-state index is -3.34. The summed E-state index contributed by atoms with van der Waals surface area (Å²) in [6.45, 7) is 5.12. The first kappa shape index (κ1) is 20.6. The van der Waals surface area contributed by atoms with Gasteiger partial charge in [-0.05, 0) is 28.1 Å². The van der Waals surface area contributed by atoms with Crippen LogP contribution in [-0.4, -0.2) is 52.6 Å². The van der Waals surface area contributed by atoms with Crippen molar-refractivity contribution in [1.29, 1.82) is 0 Å². The van der Waals surface area contributed by atoms with Crippen LogP contribution in [0.15, 0.2) is 20.1 Å². The van der Waals surface area contributed by atoms with Crippen molar-refractivity contribution in [3.8, 4) is 0 Å². The first-order valence-corrected chi connectivity index (χ1v) is 8.85. The Morgan fingerprint density at radius 1 is 1.30 bits per heavy atom. The van der Waals surface area contributed by atoms with Crippen molar-refractivity contribution in [3.63, 3.8) is 0 Å². The van der Waals surface area contributed by atoms with Crippen LogP contribution in [0.3, 0.4) is 0 Å². The molecule has 0 aliphatic carbocycles. The van der Waals surface area contributed by atoms with E-state index in [1.807, 2.05) is 0 Å². The number of halogens is 3. The zero-order chi connectivity index (χ0) is 13.0. The third-order valence-corrected chi connectivity index (χ3v) is 6.32. The van der Waals surface area contributed by atoms with E-state index < -0.39 is 10.0 Å². The molecule has 1 aliphatic heterocycles. The smallest absolute Gasteiger partial charge is 0.250 e. The molecule has 1 saturated heterocycles. The first-order chi connectivity index (χ1) is 8.58. The monoisotopic (exact) mass is 425 g/mol. The molecule has 1 fully saturated rings. The second-order valence-electron chi connectivity index (χ2n) is 4.05. The van der Waals surface area contributed by atoms with E-state index in [0.717, 1.165) is 36.5 Å². The van der Waals surface area contributed by atoms with E-state index in [4.69, 9.17) is 0 Å². The van der Waals surface area contributed by atoms with E-state index >= 15 is 0 Å². The predicted molar refractivity (Wildman–Crippen MR) is 91.0 cm³/mol. The van der Waals surface area contributed by atoms with Gasteiger partial charge in [0.1, 0.15) is 4.21 Å². The zero-order valence-electron chi connectivity index (χ0n) is 10.7. The molecule has 1 aromatic rings. The highest BCUT2D eigenvalue weighted by atomic mass is 79.9. The molecule has 0 unspecified atom stereocenters. The van der Waals surface area contributed by atoms with E-state index in [0.29, 0.717) is 10.8 Å². The molecule has 5 nitrogen and oxygen atoms in total. The van der Waals surface area contributed by atoms with Crippen molar-refractivity contribution in [1.82, 2.24) is 14.9 Å². The van der Waals surface area contributed by atoms with E-state index in [1.54, 1.807) is 12.1 Å². The van der Waals surface area contributed by atoms with Crippen LogP contribution in [0.1, 0.15) is 0 Å². The second-order valence-corrected chi connectivity index (χ2v) is 8.50. The molecule has 2 N–H and O–H groups in total. The third kappa shape index (κ3) is 6.15. The number of thiophene rings is 1. The summed E-state index contributed by atoms with van der Waals surface area (Å²) < 4.78 is 27.7. The molecule has 0 saturated carbocycles. The maximum Gasteiger partial charge on any atom is 0.250 e. The van der Waals surface area contributed by atoms with Crippen molar-refractivity contribution >= 4 is 62.1 Å². The van der Waals surface area contributed by atoms with Gasteiger partial charge in [0.15, 0.2) is 0 Å². The number of hydrogen-bond donors (Lipinski definition) is 2. The van der Waals surface area contributed by atoms with Gasteiger partial charge in [-0.2, -0.15) is 0 Å². The van der Waals surface area contributed by atoms with Crippen LogP contribution < -0.4 is 10.0 Å². The fraction of sp³-hybridized carbons (Fsp3) is 0.600. The number of rotatable bonds is 5. The minimum Gasteiger partial charge on any atom is -0.314 e. The highest BCUT2D eigenvalue weighted by Crippen LogP contribution is 2.25. The van der Waals surface area contributed by atoms with E-state index in [9.17, 15) is 8.42 Å². The van der Waals surface area contributed by atoms with Gasteiger partial charge in [0.05, 0.1) is 3.79 Å². The van der Waals surface area contributed by atoms with Crippen molar-refractivity contribution in [3.05, 3.63) is 15.9 Å². The van der Waals surface area contributed by atoms with Gasteiger partial charge in [-0.15, -0.1) is 36.2 Å². The summed E-state index contributed by atoms with van der Waals surface area (Å²) in [7, 11) is -3.34. The summed E-state index contributed by atoms with van der Waals surface area (Å²) in [6, 6.07) is 3.36. The lowest BCUT2D eigenvalue weighted by atomic mass is 10.3. The summed E-state index contributed by atoms with van der Waals surface area (Å²) in [5, 5.41) is 3.27. The van der Waals surface area contributed by atoms with Crippen molar-refractivity contribution < 1.29 is 8.42 Å². The van der Waals surface area contributed by atoms with Gasteiger partial charge in [-0.3, -0.25) is 4.90 Å². The SMILES string of the molecule is Cl.Cl.O=S(=O)(NCCN1CCNCC1)c1ccc(Br)s1. The van der Waals surface area contributed by atoms with Gasteiger partial charge in [0.2, 0.25) is 10.0 Å². The van der Waals surface area contributed by atoms with E-state index in [2.05, 4.69) is 30.9 Å². The molecule has 0 bridgehead atoms. The Kier molecular flexibility index (Phi) is 9.86. The molecular weight excluding hydrogens is 409 g/mol. The lowest BCUT2D eigenvalue weighted by molar-refractivity contribution is 0.245. The van der Waals surface area contributed by atoms with Crippen molar-refractivity contribution in [2.24, 2.45) is 0 Å². The van der Waals surface area contributed by atoms with Crippen LogP contribution in [0.4, 0.5) is 0 Å². The molecule has 0 spiro atoms. The van der Waals surface area contributed by atoms with Crippen LogP contribution in [0.25, 0.3) is 0 Å². The van der Waals surface area contributed by atoms with Crippen LogP contribution >= 0.6 is 52.1 Å². The normalized spacial score (nSPS) is 16.2. The van der Waals surface area contributed by atoms with E-state index in [-0.39, 0.29) is 24.8 Å². The molecule has 0 amide bonds. The quantitative estimate of drug-likeness (QED) is 0.749. The van der Waals surface area contributed by atoms with Gasteiger partial charge >= 0.3 is 0 Å². The van der Waals surface area contributed by atoms with Crippen molar-refractivity contribution in [2.75, 3.05) is 39.3 Å². The third-order valence-electron chi connectivity index (χ3n) is 2.74. The molecular formula is C10H18BrCl2N3O2S2. The van der Waals surface area contributed by atoms with Crippen molar-refractivity contribution in [2.45, 2.75) is 4.21 Å². The van der Waals surface area contributed by atoms with Gasteiger partial charge in [0, 0.05) is 39.3 Å². The summed E-state index contributed by atoms with van der Waals surface area (Å²) in [6.07, 6.45) is 0. The van der Waals surface area contributed by atoms with Crippen LogP contribution in [0.5, 0.6) is 0 Å². The molecule has 0 radical (unpaired) electrons. The minimum absolute atomic E-state index is 0. The lowest BCUT2D eigenvalue weighted by Gasteiger charge is -2.26. The van der Waals surface area contributed by atoms with Crippen LogP contribution in [0.2, 0.25) is 0 Å². The predicted octanol–water partition coefficient (Wildman–Crippen LogP) is 1.54. The summed E-state index contributed by atoms with van der Waals surface area (Å²) in [5.41, 5.74) is 0. The highest BCUT2D eigenvalue weighted by molar-refractivity contribution is 9.11. The lowest BCUT2D eigenvalue weighted by Crippen LogP contribution is -2.46. The molecule has 1 aliphatic rings. The Labute approximate surface area is 144 Å². The van der Waals surface area contributed by atoms with Gasteiger partial charge < -0.3 is 5.32 Å². The number of piperazine rings is 1. The average Bonchev–Trinajstić information content (AvgIpc) is 2.78. The number of hydrogen-bond acceptors (Lipinski definition) is 5. The maximum absolute atomic E-state index is 11.9. The van der Waals surface area contributed by atoms with E-state index in [1.165, 1.54) is 11.3 Å². The van der Waals surface area contributed by atoms with Gasteiger partial charge in [-0.1, -0.05) is 0 Å². The highest BCUT2D eigenvalue weighted by Gasteiger charge is 2.16. The Balaban J connectivity index is 0.00000180. The molecule has 118 valence electrons. The van der Waals surface area contributed by atoms with Gasteiger partial charge in [0.25, 0.3) is 0 Å². The Hall–Kier alpha value is 0.590. The Morgan fingerprint density at radius 2 is 1.95 bits per heavy atom. The van der Waals surface area contributed by atoms with Crippen LogP contribution in [0, 0.1) is 0 Å². The molecule has 2 heterocycles. The Morgan fingerprint density at radius 3 is 2.50 bits per heavy atom. The fourth-order valence-electron chi connectivity index (χ4n) is 1.79. The standard InChI is InChI=1S/C10H16BrN3O2S2.2ClH/c11-9-1-2-10(17-9)18(15,16)13-5-8-14-6-3-12-4-7-14;;/h1-2,12-13H,3-8H2;2*1H. The number of nitrogens with one attached hydrogen (secondary N) is 2. The summed E-state index contributed by atoms with van der Waals surface area (Å²) in [4.78, 5) is 2.25. The molecule has 1 aromatic heterocycles. The maximum atomic E-state index is 11.9. The Bertz CT molecular complexity index is 492. The molecule has 10 heteroatoms. The summed E-state index contributed by atoms with van der Waals surface area (Å²) >= 11 is 4.49. The summed E-state index contributed by atoms with van der Waals surface area (Å²) in [5.74, 6) is 0. The topological polar surface area (TPSA) is 61.4 Å². The first-order valence-electron chi connectivity index (χ1n) is 5.76. The molecule has 0 aromatic carbocycles. The molecule has 20 heavy (non-hydrogen) atoms. The zero-order valence-corrected chi connectivity index (χ0v) is 15.5. The largest absolute Gasteiger partial charge is 0.314 e. The fourth-order valence-corrected chi connectivity index (χ4v) is 4.86. The number of sulfonamides is 1. The number of nitrogens with zero attached hydrogens (tertiary/aromatic N) is 1. The molecule has 2 rings (SSSR count). The van der Waals surface area contributed by atoms with Crippen LogP contribution in [-0.2, 0) is 10.0 Å². The second kappa shape index (κ2) is 9.58. The van der Waals surface area contributed by atoms with Gasteiger partial charge in [-0.25, -0.2) is 13.1 Å². The average molecular weight is 427 g/mol.